The molecular weight excluding hydrogens is 452 g/mol. The van der Waals surface area contributed by atoms with Crippen LogP contribution in [0.3, 0.4) is 0 Å². The lowest BCUT2D eigenvalue weighted by atomic mass is 10.1. The lowest BCUT2D eigenvalue weighted by Crippen LogP contribution is -2.43. The molecule has 1 fully saturated rings. The number of hydrogen-bond donors (Lipinski definition) is 1. The van der Waals surface area contributed by atoms with Crippen LogP contribution in [0.1, 0.15) is 39.7 Å². The number of likely N-dealkylation sites (tertiary alicyclic amines) is 1. The molecule has 184 valence electrons. The highest BCUT2D eigenvalue weighted by atomic mass is 16.6. The molecule has 35 heavy (non-hydrogen) atoms. The first-order valence-electron chi connectivity index (χ1n) is 11.3. The summed E-state index contributed by atoms with van der Waals surface area (Å²) < 4.78 is 9.91. The van der Waals surface area contributed by atoms with E-state index in [-0.39, 0.29) is 23.9 Å². The number of rotatable bonds is 1. The molecule has 0 bridgehead atoms. The third-order valence-corrected chi connectivity index (χ3v) is 5.42. The van der Waals surface area contributed by atoms with E-state index >= 15 is 0 Å². The van der Waals surface area contributed by atoms with Crippen molar-refractivity contribution in [2.75, 3.05) is 13.1 Å². The van der Waals surface area contributed by atoms with Gasteiger partial charge in [-0.1, -0.05) is 0 Å². The van der Waals surface area contributed by atoms with Gasteiger partial charge in [-0.25, -0.2) is 29.3 Å². The quantitative estimate of drug-likeness (QED) is 0.443. The molecule has 12 heteroatoms. The summed E-state index contributed by atoms with van der Waals surface area (Å²) in [5.41, 5.74) is 0.780. The lowest BCUT2D eigenvalue weighted by molar-refractivity contribution is 0.0189. The Balaban J connectivity index is 0.000000201. The van der Waals surface area contributed by atoms with Gasteiger partial charge in [0.25, 0.3) is 0 Å². The Kier molecular flexibility index (Phi) is 6.80. The minimum Gasteiger partial charge on any atom is -0.444 e. The number of nitrogens with one attached hydrogen (secondary N) is 1. The van der Waals surface area contributed by atoms with Gasteiger partial charge in [0.1, 0.15) is 18.3 Å². The number of pyridine rings is 1. The maximum Gasteiger partial charge on any atom is 0.410 e. The van der Waals surface area contributed by atoms with E-state index in [0.717, 1.165) is 18.4 Å². The van der Waals surface area contributed by atoms with Crippen molar-refractivity contribution in [2.24, 2.45) is 0 Å². The molecule has 4 aromatic rings. The zero-order chi connectivity index (χ0) is 25.0. The molecule has 1 aliphatic heterocycles. The molecule has 0 unspecified atom stereocenters. The van der Waals surface area contributed by atoms with Crippen LogP contribution in [0.15, 0.2) is 60.6 Å². The van der Waals surface area contributed by atoms with E-state index in [4.69, 9.17) is 4.74 Å². The van der Waals surface area contributed by atoms with Crippen molar-refractivity contribution < 1.29 is 14.3 Å². The molecule has 0 radical (unpaired) electrons. The highest BCUT2D eigenvalue weighted by molar-refractivity contribution is 5.78. The summed E-state index contributed by atoms with van der Waals surface area (Å²) in [7, 11) is 0. The third-order valence-electron chi connectivity index (χ3n) is 5.42. The SMILES string of the molecule is CC(C)(C)OC(=O)N1CCC(n2c(=O)[nH]c3ncccc32)CC1.O=C(n1ccnc1)n1ccnc1. The number of ether oxygens (including phenoxy) is 1. The zero-order valence-corrected chi connectivity index (χ0v) is 19.9. The minimum atomic E-state index is -0.493. The number of fused-ring (bicyclic) bond motifs is 1. The Morgan fingerprint density at radius 2 is 1.66 bits per heavy atom. The van der Waals surface area contributed by atoms with E-state index in [1.165, 1.54) is 21.8 Å². The molecule has 5 heterocycles. The number of imidazole rings is 3. The van der Waals surface area contributed by atoms with Crippen molar-refractivity contribution in [1.82, 2.24) is 38.5 Å². The van der Waals surface area contributed by atoms with Gasteiger partial charge >= 0.3 is 17.8 Å². The normalized spacial score (nSPS) is 14.4. The van der Waals surface area contributed by atoms with Crippen LogP contribution < -0.4 is 5.69 Å². The lowest BCUT2D eigenvalue weighted by Gasteiger charge is -2.33. The van der Waals surface area contributed by atoms with Gasteiger partial charge < -0.3 is 9.64 Å². The van der Waals surface area contributed by atoms with Gasteiger partial charge in [0.15, 0.2) is 5.65 Å². The van der Waals surface area contributed by atoms with Crippen LogP contribution in [0.4, 0.5) is 9.59 Å². The Morgan fingerprint density at radius 1 is 1.03 bits per heavy atom. The molecule has 12 nitrogen and oxygen atoms in total. The number of aromatic amines is 1. The van der Waals surface area contributed by atoms with E-state index < -0.39 is 5.60 Å². The fourth-order valence-corrected chi connectivity index (χ4v) is 3.83. The number of carbonyl (C=O) groups excluding carboxylic acids is 2. The molecule has 0 aliphatic carbocycles. The van der Waals surface area contributed by atoms with Crippen molar-refractivity contribution in [3.8, 4) is 0 Å². The molecule has 0 spiro atoms. The average molecular weight is 481 g/mol. The molecule has 5 rings (SSSR count). The second kappa shape index (κ2) is 9.95. The van der Waals surface area contributed by atoms with Crippen LogP contribution in [0, 0.1) is 0 Å². The Hall–Kier alpha value is -4.22. The summed E-state index contributed by atoms with van der Waals surface area (Å²) in [6, 6.07) is 3.59. The predicted molar refractivity (Wildman–Crippen MR) is 127 cm³/mol. The number of carbonyl (C=O) groups is 2. The van der Waals surface area contributed by atoms with Crippen molar-refractivity contribution in [2.45, 2.75) is 45.3 Å². The first-order valence-corrected chi connectivity index (χ1v) is 11.3. The first kappa shape index (κ1) is 23.9. The second-order valence-electron chi connectivity index (χ2n) is 9.09. The van der Waals surface area contributed by atoms with Crippen LogP contribution in [0.2, 0.25) is 0 Å². The number of hydrogen-bond acceptors (Lipinski definition) is 7. The first-order chi connectivity index (χ1) is 16.7. The van der Waals surface area contributed by atoms with E-state index in [9.17, 15) is 14.4 Å². The summed E-state index contributed by atoms with van der Waals surface area (Å²) in [5.74, 6) is 0. The van der Waals surface area contributed by atoms with Gasteiger partial charge in [0, 0.05) is 50.1 Å². The number of amides is 1. The van der Waals surface area contributed by atoms with Gasteiger partial charge in [0.05, 0.1) is 5.52 Å². The van der Waals surface area contributed by atoms with Crippen LogP contribution in [0.25, 0.3) is 11.2 Å². The molecule has 1 N–H and O–H groups in total. The summed E-state index contributed by atoms with van der Waals surface area (Å²) in [4.78, 5) is 51.9. The number of nitrogens with zero attached hydrogens (tertiary/aromatic N) is 7. The highest BCUT2D eigenvalue weighted by Gasteiger charge is 2.29. The van der Waals surface area contributed by atoms with Crippen LogP contribution in [-0.2, 0) is 4.74 Å². The average Bonchev–Trinajstić information content (AvgIpc) is 3.59. The second-order valence-corrected chi connectivity index (χ2v) is 9.09. The van der Waals surface area contributed by atoms with Crippen LogP contribution in [0.5, 0.6) is 0 Å². The van der Waals surface area contributed by atoms with Crippen molar-refractivity contribution >= 4 is 23.3 Å². The molecular formula is C23H28N8O4. The molecule has 0 atom stereocenters. The van der Waals surface area contributed by atoms with Gasteiger partial charge in [-0.05, 0) is 45.7 Å². The van der Waals surface area contributed by atoms with E-state index in [2.05, 4.69) is 19.9 Å². The number of aromatic nitrogens is 7. The molecule has 0 saturated carbocycles. The van der Waals surface area contributed by atoms with Gasteiger partial charge in [-0.15, -0.1) is 0 Å². The largest absolute Gasteiger partial charge is 0.444 e. The van der Waals surface area contributed by atoms with Crippen molar-refractivity contribution in [3.05, 3.63) is 66.3 Å². The maximum atomic E-state index is 12.2. The van der Waals surface area contributed by atoms with Gasteiger partial charge in [-0.3, -0.25) is 18.7 Å². The van der Waals surface area contributed by atoms with Crippen molar-refractivity contribution in [1.29, 1.82) is 0 Å². The van der Waals surface area contributed by atoms with E-state index in [1.807, 2.05) is 32.9 Å². The maximum absolute atomic E-state index is 12.2. The Morgan fingerprint density at radius 3 is 2.20 bits per heavy atom. The zero-order valence-electron chi connectivity index (χ0n) is 19.9. The van der Waals surface area contributed by atoms with E-state index in [0.29, 0.717) is 18.7 Å². The number of H-pyrrole nitrogens is 1. The van der Waals surface area contributed by atoms with Crippen LogP contribution in [-0.4, -0.2) is 69.4 Å². The minimum absolute atomic E-state index is 0.0686. The van der Waals surface area contributed by atoms with E-state index in [1.54, 1.807) is 40.5 Å². The highest BCUT2D eigenvalue weighted by Crippen LogP contribution is 2.25. The molecule has 1 aliphatic rings. The van der Waals surface area contributed by atoms with Crippen molar-refractivity contribution in [3.63, 3.8) is 0 Å². The summed E-state index contributed by atoms with van der Waals surface area (Å²) in [5, 5.41) is 0. The standard InChI is InChI=1S/C16H22N4O3.C7H6N4O/c1-16(2,3)23-15(22)19-9-6-11(7-10-19)20-12-5-4-8-17-13(12)18-14(20)21;12-7(10-3-1-8-5-10)11-4-2-9-6-11/h4-5,8,11H,6-7,9-10H2,1-3H3,(H,17,18,21);1-6H. The smallest absolute Gasteiger partial charge is 0.410 e. The molecule has 4 aromatic heterocycles. The summed E-state index contributed by atoms with van der Waals surface area (Å²) in [6.45, 7) is 6.74. The predicted octanol–water partition coefficient (Wildman–Crippen LogP) is 2.89. The number of piperidine rings is 1. The third kappa shape index (κ3) is 5.65. The van der Waals surface area contributed by atoms with Gasteiger partial charge in [0.2, 0.25) is 0 Å². The summed E-state index contributed by atoms with van der Waals surface area (Å²) in [6.07, 6.45) is 12.0. The fraction of sp³-hybridized carbons (Fsp3) is 0.391. The van der Waals surface area contributed by atoms with Gasteiger partial charge in [-0.2, -0.15) is 0 Å². The molecule has 1 saturated heterocycles. The fourth-order valence-electron chi connectivity index (χ4n) is 3.83. The Bertz CT molecular complexity index is 1290. The Labute approximate surface area is 201 Å². The summed E-state index contributed by atoms with van der Waals surface area (Å²) >= 11 is 0. The van der Waals surface area contributed by atoms with Crippen LogP contribution >= 0.6 is 0 Å². The topological polar surface area (TPSA) is 133 Å². The molecule has 1 amide bonds. The molecule has 0 aromatic carbocycles. The monoisotopic (exact) mass is 480 g/mol.